The normalized spacial score (nSPS) is 17.6. The summed E-state index contributed by atoms with van der Waals surface area (Å²) in [5.74, 6) is -0.105. The molecule has 1 fully saturated rings. The number of para-hydroxylation sites is 2. The molecule has 2 unspecified atom stereocenters. The zero-order chi connectivity index (χ0) is 19.6. The van der Waals surface area contributed by atoms with Crippen molar-refractivity contribution in [1.82, 2.24) is 19.8 Å². The summed E-state index contributed by atoms with van der Waals surface area (Å²) in [5, 5.41) is 2.59. The van der Waals surface area contributed by atoms with Crippen LogP contribution in [0, 0.1) is 5.92 Å². The number of primary amides is 1. The number of piperidine rings is 1. The molecule has 1 aliphatic rings. The third kappa shape index (κ3) is 3.84. The highest BCUT2D eigenvalue weighted by Crippen LogP contribution is 2.25. The highest BCUT2D eigenvalue weighted by molar-refractivity contribution is 5.87. The van der Waals surface area contributed by atoms with Gasteiger partial charge >= 0.3 is 11.7 Å². The maximum atomic E-state index is 12.9. The van der Waals surface area contributed by atoms with E-state index in [4.69, 9.17) is 5.73 Å². The molecule has 2 aromatic rings. The zero-order valence-electron chi connectivity index (χ0n) is 15.8. The van der Waals surface area contributed by atoms with E-state index in [1.54, 1.807) is 9.47 Å². The van der Waals surface area contributed by atoms with Crippen LogP contribution >= 0.6 is 0 Å². The van der Waals surface area contributed by atoms with Gasteiger partial charge in [-0.1, -0.05) is 32.4 Å². The monoisotopic (exact) mass is 373 g/mol. The number of hydrogen-bond acceptors (Lipinski definition) is 3. The lowest BCUT2D eigenvalue weighted by Gasteiger charge is -2.36. The lowest BCUT2D eigenvalue weighted by atomic mass is 9.96. The molecule has 3 rings (SSSR count). The number of H-pyrrole nitrogens is 1. The van der Waals surface area contributed by atoms with Crippen molar-refractivity contribution in [2.75, 3.05) is 13.1 Å². The highest BCUT2D eigenvalue weighted by atomic mass is 16.2. The van der Waals surface area contributed by atoms with Gasteiger partial charge in [0.05, 0.1) is 11.0 Å². The Morgan fingerprint density at radius 2 is 1.96 bits per heavy atom. The first-order valence-corrected chi connectivity index (χ1v) is 9.46. The van der Waals surface area contributed by atoms with Crippen LogP contribution in [-0.2, 0) is 4.79 Å². The molecule has 0 aliphatic carbocycles. The van der Waals surface area contributed by atoms with E-state index < -0.39 is 12.1 Å². The summed E-state index contributed by atoms with van der Waals surface area (Å²) in [4.78, 5) is 41.2. The first-order chi connectivity index (χ1) is 12.9. The molecule has 8 nitrogen and oxygen atoms in total. The smallest absolute Gasteiger partial charge is 0.326 e. The first kappa shape index (κ1) is 19.0. The van der Waals surface area contributed by atoms with Crippen LogP contribution in [0.1, 0.15) is 39.2 Å². The van der Waals surface area contributed by atoms with Crippen molar-refractivity contribution < 1.29 is 9.59 Å². The third-order valence-corrected chi connectivity index (χ3v) is 5.54. The number of aromatic nitrogens is 2. The van der Waals surface area contributed by atoms with Gasteiger partial charge < -0.3 is 20.9 Å². The Bertz CT molecular complexity index is 879. The number of likely N-dealkylation sites (tertiary alicyclic amines) is 1. The van der Waals surface area contributed by atoms with Gasteiger partial charge in [-0.25, -0.2) is 9.59 Å². The summed E-state index contributed by atoms with van der Waals surface area (Å²) in [7, 11) is 0. The summed E-state index contributed by atoms with van der Waals surface area (Å²) in [6.07, 6.45) is 2.15. The Morgan fingerprint density at radius 3 is 2.59 bits per heavy atom. The molecular weight excluding hydrogens is 346 g/mol. The number of rotatable bonds is 5. The number of nitrogens with zero attached hydrogens (tertiary/aromatic N) is 2. The van der Waals surface area contributed by atoms with Crippen LogP contribution in [0.4, 0.5) is 4.79 Å². The van der Waals surface area contributed by atoms with Crippen LogP contribution in [0.25, 0.3) is 11.0 Å². The minimum atomic E-state index is -0.686. The van der Waals surface area contributed by atoms with Gasteiger partial charge in [0.15, 0.2) is 0 Å². The molecule has 1 aromatic carbocycles. The standard InChI is InChI=1S/C19H27N5O3/c1-3-12(2)16(22-18(20)26)17(25)23-10-8-13(9-11-23)24-15-7-5-4-6-14(15)21-19(24)27/h4-7,12-13,16H,3,8-11H2,1-2H3,(H,21,27)(H3,20,22,26). The fraction of sp³-hybridized carbons (Fsp3) is 0.526. The van der Waals surface area contributed by atoms with Crippen LogP contribution in [0.2, 0.25) is 0 Å². The summed E-state index contributed by atoms with van der Waals surface area (Å²) in [6.45, 7) is 4.99. The molecule has 0 bridgehead atoms. The van der Waals surface area contributed by atoms with Crippen LogP contribution in [0.5, 0.6) is 0 Å². The minimum Gasteiger partial charge on any atom is -0.352 e. The molecular formula is C19H27N5O3. The minimum absolute atomic E-state index is 0.000963. The Morgan fingerprint density at radius 1 is 1.30 bits per heavy atom. The molecule has 8 heteroatoms. The largest absolute Gasteiger partial charge is 0.352 e. The van der Waals surface area contributed by atoms with Crippen molar-refractivity contribution in [1.29, 1.82) is 0 Å². The number of nitrogens with one attached hydrogen (secondary N) is 2. The number of urea groups is 1. The molecule has 3 amide bonds. The van der Waals surface area contributed by atoms with Gasteiger partial charge in [-0.3, -0.25) is 9.36 Å². The van der Waals surface area contributed by atoms with Gasteiger partial charge in [-0.15, -0.1) is 0 Å². The molecule has 27 heavy (non-hydrogen) atoms. The molecule has 0 radical (unpaired) electrons. The van der Waals surface area contributed by atoms with Gasteiger partial charge in [0.25, 0.3) is 0 Å². The average molecular weight is 373 g/mol. The van der Waals surface area contributed by atoms with Gasteiger partial charge in [0, 0.05) is 19.1 Å². The lowest BCUT2D eigenvalue weighted by Crippen LogP contribution is -2.54. The van der Waals surface area contributed by atoms with Crippen LogP contribution in [0.3, 0.4) is 0 Å². The second-order valence-corrected chi connectivity index (χ2v) is 7.25. The summed E-state index contributed by atoms with van der Waals surface area (Å²) in [6, 6.07) is 6.37. The third-order valence-electron chi connectivity index (χ3n) is 5.54. The Labute approximate surface area is 157 Å². The van der Waals surface area contributed by atoms with Gasteiger partial charge in [0.1, 0.15) is 6.04 Å². The van der Waals surface area contributed by atoms with E-state index in [1.165, 1.54) is 0 Å². The number of imidazole rings is 1. The summed E-state index contributed by atoms with van der Waals surface area (Å²) in [5.41, 5.74) is 6.84. The number of benzene rings is 1. The lowest BCUT2D eigenvalue weighted by molar-refractivity contribution is -0.135. The van der Waals surface area contributed by atoms with E-state index >= 15 is 0 Å². The number of fused-ring (bicyclic) bond motifs is 1. The van der Waals surface area contributed by atoms with Crippen molar-refractivity contribution in [3.63, 3.8) is 0 Å². The summed E-state index contributed by atoms with van der Waals surface area (Å²) >= 11 is 0. The Balaban J connectivity index is 1.72. The number of hydrogen-bond donors (Lipinski definition) is 3. The van der Waals surface area contributed by atoms with E-state index in [-0.39, 0.29) is 23.6 Å². The molecule has 0 saturated carbocycles. The van der Waals surface area contributed by atoms with E-state index in [0.29, 0.717) is 25.9 Å². The molecule has 146 valence electrons. The first-order valence-electron chi connectivity index (χ1n) is 9.46. The van der Waals surface area contributed by atoms with E-state index in [0.717, 1.165) is 17.5 Å². The summed E-state index contributed by atoms with van der Waals surface area (Å²) < 4.78 is 1.80. The molecule has 0 spiro atoms. The SMILES string of the molecule is CCC(C)C(NC(N)=O)C(=O)N1CCC(n2c(=O)[nH]c3ccccc32)CC1. The van der Waals surface area contributed by atoms with Crippen molar-refractivity contribution in [2.45, 2.75) is 45.2 Å². The van der Waals surface area contributed by atoms with E-state index in [9.17, 15) is 14.4 Å². The second kappa shape index (κ2) is 7.85. The predicted molar refractivity (Wildman–Crippen MR) is 103 cm³/mol. The molecule has 4 N–H and O–H groups in total. The molecule has 2 heterocycles. The van der Waals surface area contributed by atoms with E-state index in [1.807, 2.05) is 38.1 Å². The Hall–Kier alpha value is -2.77. The molecule has 2 atom stereocenters. The number of carbonyl (C=O) groups excluding carboxylic acids is 2. The van der Waals surface area contributed by atoms with Crippen LogP contribution < -0.4 is 16.7 Å². The second-order valence-electron chi connectivity index (χ2n) is 7.25. The van der Waals surface area contributed by atoms with Crippen LogP contribution in [0.15, 0.2) is 29.1 Å². The number of amides is 3. The number of nitrogens with two attached hydrogens (primary N) is 1. The van der Waals surface area contributed by atoms with Crippen molar-refractivity contribution in [2.24, 2.45) is 11.7 Å². The van der Waals surface area contributed by atoms with E-state index in [2.05, 4.69) is 10.3 Å². The predicted octanol–water partition coefficient (Wildman–Crippen LogP) is 1.58. The molecule has 1 aromatic heterocycles. The van der Waals surface area contributed by atoms with Crippen molar-refractivity contribution >= 4 is 23.0 Å². The molecule has 1 aliphatic heterocycles. The molecule has 1 saturated heterocycles. The highest BCUT2D eigenvalue weighted by Gasteiger charge is 2.32. The van der Waals surface area contributed by atoms with Crippen molar-refractivity contribution in [3.8, 4) is 0 Å². The number of aromatic amines is 1. The number of carbonyl (C=O) groups is 2. The fourth-order valence-electron chi connectivity index (χ4n) is 3.81. The maximum absolute atomic E-state index is 12.9. The average Bonchev–Trinajstić information content (AvgIpc) is 3.00. The maximum Gasteiger partial charge on any atom is 0.326 e. The quantitative estimate of drug-likeness (QED) is 0.739. The van der Waals surface area contributed by atoms with Crippen LogP contribution in [-0.4, -0.2) is 45.5 Å². The van der Waals surface area contributed by atoms with Gasteiger partial charge in [0.2, 0.25) is 5.91 Å². The zero-order valence-corrected chi connectivity index (χ0v) is 15.8. The van der Waals surface area contributed by atoms with Crippen molar-refractivity contribution in [3.05, 3.63) is 34.7 Å². The topological polar surface area (TPSA) is 113 Å². The van der Waals surface area contributed by atoms with Gasteiger partial charge in [-0.05, 0) is 30.9 Å². The van der Waals surface area contributed by atoms with Gasteiger partial charge in [-0.2, -0.15) is 0 Å². The Kier molecular flexibility index (Phi) is 5.53. The fourth-order valence-corrected chi connectivity index (χ4v) is 3.81.